The van der Waals surface area contributed by atoms with E-state index in [2.05, 4.69) is 10.3 Å². The van der Waals surface area contributed by atoms with E-state index in [9.17, 15) is 39.6 Å². The zero-order valence-corrected chi connectivity index (χ0v) is 28.5. The summed E-state index contributed by atoms with van der Waals surface area (Å²) < 4.78 is 17.2. The van der Waals surface area contributed by atoms with Gasteiger partial charge in [-0.3, -0.25) is 14.2 Å². The number of benzene rings is 1. The molecule has 2 aliphatic rings. The van der Waals surface area contributed by atoms with Gasteiger partial charge in [-0.05, 0) is 43.9 Å². The lowest BCUT2D eigenvalue weighted by Gasteiger charge is -2.28. The van der Waals surface area contributed by atoms with Crippen molar-refractivity contribution in [2.75, 3.05) is 25.1 Å². The van der Waals surface area contributed by atoms with Gasteiger partial charge in [0.1, 0.15) is 35.4 Å². The molecule has 0 spiro atoms. The molecule has 1 saturated carbocycles. The van der Waals surface area contributed by atoms with Crippen molar-refractivity contribution in [3.63, 3.8) is 0 Å². The van der Waals surface area contributed by atoms with Crippen LogP contribution in [0.2, 0.25) is 0 Å². The number of hydrogen-bond donors (Lipinski definition) is 5. The Labute approximate surface area is 291 Å². The van der Waals surface area contributed by atoms with Gasteiger partial charge in [0.25, 0.3) is 0 Å². The number of ether oxygens (including phenoxy) is 3. The van der Waals surface area contributed by atoms with Gasteiger partial charge in [-0.15, -0.1) is 0 Å². The van der Waals surface area contributed by atoms with Gasteiger partial charge in [-0.25, -0.2) is 9.59 Å². The summed E-state index contributed by atoms with van der Waals surface area (Å²) in [4.78, 5) is 54.6. The largest absolute Gasteiger partial charge is 0.507 e. The summed E-state index contributed by atoms with van der Waals surface area (Å²) in [7, 11) is 0. The summed E-state index contributed by atoms with van der Waals surface area (Å²) in [6.07, 6.45) is 8.94. The third kappa shape index (κ3) is 11.1. The number of aliphatic hydroxyl groups excluding tert-OH is 3. The van der Waals surface area contributed by atoms with Crippen LogP contribution in [0.3, 0.4) is 0 Å². The van der Waals surface area contributed by atoms with E-state index in [0.717, 1.165) is 81.6 Å². The Hall–Kier alpha value is -3.85. The van der Waals surface area contributed by atoms with Crippen LogP contribution in [0.1, 0.15) is 106 Å². The van der Waals surface area contributed by atoms with Crippen LogP contribution in [0, 0.1) is 11.8 Å². The van der Waals surface area contributed by atoms with Gasteiger partial charge in [-0.2, -0.15) is 4.98 Å². The van der Waals surface area contributed by atoms with E-state index < -0.39 is 60.5 Å². The molecule has 1 saturated heterocycles. The number of carbonyl (C=O) groups excluding carboxylic acids is 3. The molecule has 14 heteroatoms. The number of anilines is 1. The van der Waals surface area contributed by atoms with Crippen LogP contribution in [-0.2, 0) is 23.8 Å². The van der Waals surface area contributed by atoms with Crippen LogP contribution in [0.4, 0.5) is 5.82 Å². The van der Waals surface area contributed by atoms with E-state index in [4.69, 9.17) is 14.2 Å². The van der Waals surface area contributed by atoms with Crippen molar-refractivity contribution in [2.24, 2.45) is 11.8 Å². The van der Waals surface area contributed by atoms with Gasteiger partial charge >= 0.3 is 17.6 Å². The molecule has 14 nitrogen and oxygen atoms in total. The average molecular weight is 702 g/mol. The average Bonchev–Trinajstić information content (AvgIpc) is 3.40. The molecule has 0 radical (unpaired) electrons. The number of carbonyl (C=O) groups is 3. The SMILES string of the molecule is O=C(OCCCCCCCCCCCCOC(=O)C1CCCCC1C(=O)Nc1ccn([C@@H]2O[C@H](CO)[C@@H](O)[C@@H]2O)c(=O)n1)c1ccccc1O. The van der Waals surface area contributed by atoms with Crippen molar-refractivity contribution in [3.8, 4) is 5.75 Å². The Morgan fingerprint density at radius 1 is 0.840 bits per heavy atom. The van der Waals surface area contributed by atoms with Gasteiger partial charge in [0.05, 0.1) is 31.7 Å². The lowest BCUT2D eigenvalue weighted by atomic mass is 9.78. The molecule has 2 fully saturated rings. The number of phenolic OH excluding ortho intramolecular Hbond substituents is 1. The van der Waals surface area contributed by atoms with E-state index in [1.165, 1.54) is 18.3 Å². The number of unbranched alkanes of at least 4 members (excludes halogenated alkanes) is 9. The Bertz CT molecular complexity index is 1450. The van der Waals surface area contributed by atoms with E-state index >= 15 is 0 Å². The molecule has 6 atom stereocenters. The first kappa shape index (κ1) is 38.9. The van der Waals surface area contributed by atoms with Gasteiger partial charge in [-0.1, -0.05) is 76.3 Å². The van der Waals surface area contributed by atoms with E-state index in [0.29, 0.717) is 26.1 Å². The Morgan fingerprint density at radius 2 is 1.44 bits per heavy atom. The van der Waals surface area contributed by atoms with Crippen LogP contribution in [0.5, 0.6) is 5.75 Å². The minimum absolute atomic E-state index is 0.00920. The summed E-state index contributed by atoms with van der Waals surface area (Å²) in [6, 6.07) is 7.71. The zero-order valence-electron chi connectivity index (χ0n) is 28.5. The molecule has 2 heterocycles. The topological polar surface area (TPSA) is 207 Å². The van der Waals surface area contributed by atoms with Crippen molar-refractivity contribution < 1.29 is 49.0 Å². The second kappa shape index (κ2) is 20.1. The fourth-order valence-corrected chi connectivity index (χ4v) is 6.52. The molecule has 0 bridgehead atoms. The summed E-state index contributed by atoms with van der Waals surface area (Å²) >= 11 is 0. The highest BCUT2D eigenvalue weighted by atomic mass is 16.6. The summed E-state index contributed by atoms with van der Waals surface area (Å²) in [6.45, 7) is 0.109. The van der Waals surface area contributed by atoms with Gasteiger partial charge in [0.2, 0.25) is 5.91 Å². The van der Waals surface area contributed by atoms with Crippen molar-refractivity contribution >= 4 is 23.7 Å². The number of aliphatic hydroxyl groups is 3. The molecule has 1 aliphatic carbocycles. The first-order chi connectivity index (χ1) is 24.2. The maximum atomic E-state index is 13.2. The lowest BCUT2D eigenvalue weighted by molar-refractivity contribution is -0.154. The molecule has 1 aromatic carbocycles. The van der Waals surface area contributed by atoms with Crippen LogP contribution in [-0.4, -0.2) is 86.0 Å². The first-order valence-corrected chi connectivity index (χ1v) is 17.9. The van der Waals surface area contributed by atoms with Crippen LogP contribution in [0.25, 0.3) is 0 Å². The normalized spacial score (nSPS) is 23.3. The number of rotatable bonds is 19. The maximum absolute atomic E-state index is 13.2. The first-order valence-electron chi connectivity index (χ1n) is 17.9. The number of phenols is 1. The Kier molecular flexibility index (Phi) is 15.7. The second-order valence-electron chi connectivity index (χ2n) is 13.1. The molecular weight excluding hydrogens is 650 g/mol. The van der Waals surface area contributed by atoms with Crippen molar-refractivity contribution in [2.45, 2.75) is 114 Å². The maximum Gasteiger partial charge on any atom is 0.351 e. The quantitative estimate of drug-likeness (QED) is 0.105. The third-order valence-corrected chi connectivity index (χ3v) is 9.42. The number of amides is 1. The Morgan fingerprint density at radius 3 is 2.04 bits per heavy atom. The number of nitrogens with one attached hydrogen (secondary N) is 1. The number of para-hydroxylation sites is 1. The number of aromatic hydroxyl groups is 1. The molecule has 5 N–H and O–H groups in total. The predicted molar refractivity (Wildman–Crippen MR) is 181 cm³/mol. The highest BCUT2D eigenvalue weighted by Crippen LogP contribution is 2.32. The number of esters is 2. The molecule has 50 heavy (non-hydrogen) atoms. The van der Waals surface area contributed by atoms with Crippen LogP contribution < -0.4 is 11.0 Å². The fraction of sp³-hybridized carbons (Fsp3) is 0.639. The lowest BCUT2D eigenvalue weighted by Crippen LogP contribution is -2.38. The molecule has 1 aliphatic heterocycles. The minimum Gasteiger partial charge on any atom is -0.507 e. The summed E-state index contributed by atoms with van der Waals surface area (Å²) in [5.74, 6) is -2.58. The van der Waals surface area contributed by atoms with Crippen molar-refractivity contribution in [3.05, 3.63) is 52.6 Å². The minimum atomic E-state index is -1.45. The zero-order chi connectivity index (χ0) is 35.9. The van der Waals surface area contributed by atoms with Gasteiger partial charge in [0.15, 0.2) is 6.23 Å². The van der Waals surface area contributed by atoms with Gasteiger partial charge < -0.3 is 40.0 Å². The predicted octanol–water partition coefficient (Wildman–Crippen LogP) is 3.61. The van der Waals surface area contributed by atoms with Gasteiger partial charge in [0, 0.05) is 6.20 Å². The number of aromatic nitrogens is 2. The highest BCUT2D eigenvalue weighted by molar-refractivity contribution is 5.94. The summed E-state index contributed by atoms with van der Waals surface area (Å²) in [5.41, 5.74) is -0.638. The Balaban J connectivity index is 1.06. The molecule has 276 valence electrons. The van der Waals surface area contributed by atoms with Crippen molar-refractivity contribution in [1.29, 1.82) is 0 Å². The number of hydrogen-bond acceptors (Lipinski definition) is 12. The molecule has 2 aromatic rings. The standard InChI is InChI=1S/C36H51N3O11/c40-23-28-30(42)31(43)33(50-28)39-20-19-29(38-36(39)47)37-32(44)24-15-9-10-16-25(24)34(45)48-21-13-7-5-3-1-2-4-6-8-14-22-49-35(46)26-17-11-12-18-27(26)41/h11-12,17-20,24-25,28,30-31,33,40-43H,1-10,13-16,21-23H2,(H,37,38,44,47)/t24?,25?,28-,30-,31+,33-/m1/s1. The van der Waals surface area contributed by atoms with Crippen molar-refractivity contribution in [1.82, 2.24) is 9.55 Å². The molecule has 4 rings (SSSR count). The second-order valence-corrected chi connectivity index (χ2v) is 13.1. The summed E-state index contributed by atoms with van der Waals surface area (Å²) in [5, 5.41) is 41.8. The smallest absolute Gasteiger partial charge is 0.351 e. The monoisotopic (exact) mass is 701 g/mol. The highest BCUT2D eigenvalue weighted by Gasteiger charge is 2.44. The van der Waals surface area contributed by atoms with E-state index in [-0.39, 0.29) is 23.1 Å². The van der Waals surface area contributed by atoms with E-state index in [1.807, 2.05) is 0 Å². The van der Waals surface area contributed by atoms with Crippen LogP contribution >= 0.6 is 0 Å². The van der Waals surface area contributed by atoms with Crippen LogP contribution in [0.15, 0.2) is 41.3 Å². The third-order valence-electron chi connectivity index (χ3n) is 9.42. The van der Waals surface area contributed by atoms with E-state index in [1.54, 1.807) is 18.2 Å². The fourth-order valence-electron chi connectivity index (χ4n) is 6.52. The number of nitrogens with zero attached hydrogens (tertiary/aromatic N) is 2. The molecule has 1 aromatic heterocycles. The molecule has 1 amide bonds. The molecular formula is C36H51N3O11. The molecule has 2 unspecified atom stereocenters.